The Kier molecular flexibility index (Phi) is 3.84. The first-order valence-electron chi connectivity index (χ1n) is 3.67. The lowest BCUT2D eigenvalue weighted by molar-refractivity contribution is 0.913. The monoisotopic (exact) mass is 194 g/mol. The molecule has 68 valence electrons. The quantitative estimate of drug-likeness (QED) is 0.638. The molecule has 2 aromatic rings. The summed E-state index contributed by atoms with van der Waals surface area (Å²) in [6, 6.07) is 0. The maximum absolute atomic E-state index is 4.57. The zero-order valence-corrected chi connectivity index (χ0v) is 8.06. The molecule has 0 fully saturated rings. The van der Waals surface area contributed by atoms with Crippen LogP contribution < -0.4 is 0 Å². The van der Waals surface area contributed by atoms with Crippen LogP contribution in [-0.4, -0.2) is 24.6 Å². The smallest absolute Gasteiger partial charge is 0.0993 e. The fourth-order valence-electron chi connectivity index (χ4n) is 0.658. The van der Waals surface area contributed by atoms with Crippen molar-refractivity contribution >= 4 is 17.7 Å². The number of rotatable bonds is 1. The topological polar surface area (TPSA) is 35.6 Å². The van der Waals surface area contributed by atoms with E-state index in [1.807, 2.05) is 17.8 Å². The van der Waals surface area contributed by atoms with Gasteiger partial charge in [0, 0.05) is 31.8 Å². The van der Waals surface area contributed by atoms with E-state index in [0.29, 0.717) is 0 Å². The Balaban J connectivity index is 0.000000132. The molecule has 0 aliphatic rings. The van der Waals surface area contributed by atoms with Crippen molar-refractivity contribution in [1.29, 1.82) is 0 Å². The van der Waals surface area contributed by atoms with Gasteiger partial charge in [0.2, 0.25) is 0 Å². The zero-order chi connectivity index (χ0) is 9.52. The second-order valence-corrected chi connectivity index (χ2v) is 2.55. The molecule has 0 N–H and O–H groups in total. The summed E-state index contributed by atoms with van der Waals surface area (Å²) in [5.41, 5.74) is 1.52. The zero-order valence-electron chi connectivity index (χ0n) is 7.24. The van der Waals surface area contributed by atoms with Crippen LogP contribution in [0.15, 0.2) is 37.4 Å². The highest BCUT2D eigenvalue weighted by Crippen LogP contribution is 1.76. The number of aromatic nitrogens is 4. The molecular weight excluding hydrogens is 184 g/mol. The molecule has 0 aliphatic heterocycles. The summed E-state index contributed by atoms with van der Waals surface area (Å²) in [6.45, 7) is 0. The Bertz CT molecular complexity index is 325. The SMILES string of the molecule is Cn1ccnc1.S=Cn1ccnc1. The van der Waals surface area contributed by atoms with Crippen molar-refractivity contribution in [2.75, 3.05) is 0 Å². The van der Waals surface area contributed by atoms with Crippen LogP contribution in [0.1, 0.15) is 0 Å². The van der Waals surface area contributed by atoms with E-state index in [9.17, 15) is 0 Å². The molecule has 0 spiro atoms. The van der Waals surface area contributed by atoms with Crippen LogP contribution in [0.2, 0.25) is 0 Å². The van der Waals surface area contributed by atoms with Crippen molar-refractivity contribution in [1.82, 2.24) is 19.1 Å². The van der Waals surface area contributed by atoms with Crippen molar-refractivity contribution in [2.45, 2.75) is 0 Å². The van der Waals surface area contributed by atoms with Gasteiger partial charge in [-0.1, -0.05) is 12.2 Å². The van der Waals surface area contributed by atoms with Crippen molar-refractivity contribution in [3.63, 3.8) is 0 Å². The number of hydrogen-bond donors (Lipinski definition) is 0. The summed E-state index contributed by atoms with van der Waals surface area (Å²) in [6.07, 6.45) is 10.5. The van der Waals surface area contributed by atoms with Gasteiger partial charge in [-0.05, 0) is 0 Å². The third kappa shape index (κ3) is 3.62. The lowest BCUT2D eigenvalue weighted by Gasteiger charge is -1.78. The van der Waals surface area contributed by atoms with Crippen LogP contribution in [0.4, 0.5) is 0 Å². The summed E-state index contributed by atoms with van der Waals surface area (Å²) in [5, 5.41) is 0. The summed E-state index contributed by atoms with van der Waals surface area (Å²) >= 11 is 4.57. The van der Waals surface area contributed by atoms with E-state index in [0.717, 1.165) is 0 Å². The van der Waals surface area contributed by atoms with Gasteiger partial charge in [-0.15, -0.1) is 0 Å². The first-order valence-corrected chi connectivity index (χ1v) is 4.14. The van der Waals surface area contributed by atoms with E-state index in [2.05, 4.69) is 22.2 Å². The van der Waals surface area contributed by atoms with Crippen molar-refractivity contribution in [3.05, 3.63) is 37.4 Å². The lowest BCUT2D eigenvalue weighted by atomic mass is 10.9. The van der Waals surface area contributed by atoms with Gasteiger partial charge < -0.3 is 9.13 Å². The second kappa shape index (κ2) is 5.21. The Hall–Kier alpha value is -1.49. The first-order chi connectivity index (χ1) is 6.33. The molecule has 0 amide bonds. The number of nitrogens with zero attached hydrogens (tertiary/aromatic N) is 4. The van der Waals surface area contributed by atoms with Crippen molar-refractivity contribution in [2.24, 2.45) is 7.05 Å². The standard InChI is InChI=1S/C4H4N2S.C4H6N2/c7-4-6-2-1-5-3-6;1-6-3-2-5-4-6/h1-4H;2-4H,1H3. The van der Waals surface area contributed by atoms with E-state index >= 15 is 0 Å². The maximum atomic E-state index is 4.57. The molecule has 2 aromatic heterocycles. The van der Waals surface area contributed by atoms with Crippen LogP contribution in [-0.2, 0) is 7.05 Å². The van der Waals surface area contributed by atoms with Gasteiger partial charge >= 0.3 is 0 Å². The van der Waals surface area contributed by atoms with E-state index in [-0.39, 0.29) is 0 Å². The Morgan fingerprint density at radius 2 is 1.85 bits per heavy atom. The number of hydrogen-bond acceptors (Lipinski definition) is 3. The van der Waals surface area contributed by atoms with Gasteiger partial charge in [0.15, 0.2) is 0 Å². The summed E-state index contributed by atoms with van der Waals surface area (Å²) in [4.78, 5) is 7.54. The summed E-state index contributed by atoms with van der Waals surface area (Å²) < 4.78 is 3.59. The Morgan fingerprint density at radius 3 is 2.08 bits per heavy atom. The molecule has 13 heavy (non-hydrogen) atoms. The molecule has 4 nitrogen and oxygen atoms in total. The van der Waals surface area contributed by atoms with Gasteiger partial charge in [0.05, 0.1) is 18.1 Å². The molecule has 2 heterocycles. The average Bonchev–Trinajstić information content (AvgIpc) is 2.76. The summed E-state index contributed by atoms with van der Waals surface area (Å²) in [5.74, 6) is 0. The minimum Gasteiger partial charge on any atom is -0.341 e. The molecule has 0 aliphatic carbocycles. The van der Waals surface area contributed by atoms with Crippen LogP contribution in [0.5, 0.6) is 0 Å². The van der Waals surface area contributed by atoms with Crippen LogP contribution >= 0.6 is 12.2 Å². The molecule has 0 radical (unpaired) electrons. The normalized spacial score (nSPS) is 8.69. The van der Waals surface area contributed by atoms with Crippen molar-refractivity contribution < 1.29 is 0 Å². The van der Waals surface area contributed by atoms with Gasteiger partial charge in [0.25, 0.3) is 0 Å². The molecular formula is C8H10N4S. The van der Waals surface area contributed by atoms with E-state index in [1.165, 1.54) is 5.49 Å². The van der Waals surface area contributed by atoms with Crippen LogP contribution in [0.25, 0.3) is 0 Å². The largest absolute Gasteiger partial charge is 0.341 e. The van der Waals surface area contributed by atoms with Crippen molar-refractivity contribution in [3.8, 4) is 0 Å². The maximum Gasteiger partial charge on any atom is 0.0993 e. The first kappa shape index (κ1) is 9.60. The highest BCUT2D eigenvalue weighted by Gasteiger charge is 1.74. The molecule has 2 rings (SSSR count). The number of thiocarbonyl (C=S) groups is 1. The molecule has 0 unspecified atom stereocenters. The van der Waals surface area contributed by atoms with Gasteiger partial charge in [0.1, 0.15) is 0 Å². The third-order valence-corrected chi connectivity index (χ3v) is 1.53. The molecule has 5 heteroatoms. The number of aryl methyl sites for hydroxylation is 1. The fraction of sp³-hybridized carbons (Fsp3) is 0.125. The van der Waals surface area contributed by atoms with E-state index < -0.39 is 0 Å². The van der Waals surface area contributed by atoms with E-state index in [1.54, 1.807) is 35.8 Å². The summed E-state index contributed by atoms with van der Waals surface area (Å²) in [7, 11) is 1.94. The second-order valence-electron chi connectivity index (χ2n) is 2.34. The molecule has 0 saturated carbocycles. The lowest BCUT2D eigenvalue weighted by Crippen LogP contribution is -1.83. The molecule has 0 bridgehead atoms. The fourth-order valence-corrected chi connectivity index (χ4v) is 0.782. The Morgan fingerprint density at radius 1 is 1.15 bits per heavy atom. The highest BCUT2D eigenvalue weighted by molar-refractivity contribution is 7.78. The minimum absolute atomic E-state index is 1.52. The average molecular weight is 194 g/mol. The minimum atomic E-state index is 1.52. The van der Waals surface area contributed by atoms with Crippen LogP contribution in [0, 0.1) is 0 Å². The van der Waals surface area contributed by atoms with Gasteiger partial charge in [-0.3, -0.25) is 0 Å². The van der Waals surface area contributed by atoms with Gasteiger partial charge in [-0.2, -0.15) is 0 Å². The molecule has 0 atom stereocenters. The van der Waals surface area contributed by atoms with Gasteiger partial charge in [-0.25, -0.2) is 9.97 Å². The predicted molar refractivity (Wildman–Crippen MR) is 54.5 cm³/mol. The predicted octanol–water partition coefficient (Wildman–Crippen LogP) is 1.11. The Labute approximate surface area is 81.9 Å². The van der Waals surface area contributed by atoms with E-state index in [4.69, 9.17) is 0 Å². The van der Waals surface area contributed by atoms with Crippen LogP contribution in [0.3, 0.4) is 0 Å². The third-order valence-electron chi connectivity index (χ3n) is 1.28. The molecule has 0 aromatic carbocycles. The highest BCUT2D eigenvalue weighted by atomic mass is 32.1. The molecule has 0 saturated heterocycles. The number of imidazole rings is 2.